The average molecular weight is 841 g/mol. The molecule has 2 aliphatic rings. The molecular formula is C49H49ClN4O7. The number of hydrogen-bond donors (Lipinski definition) is 1. The number of piperidine rings is 1. The number of carboxylic acid groups (broad SMARTS) is 1. The fraction of sp³-hybridized carbons (Fsp3) is 0.286. The monoisotopic (exact) mass is 840 g/mol. The standard InChI is InChI=1S/C41H42N4O5.C8H7ClO2/c1-3-28-24-31(17-18-32(28)29-20-22-44(23-21-29)41(48)49-26-27-10-6-5-7-11-27)50-37-19-16-30-12-8-13-33(39(30)37)35-14-9-15-38(43-35)45-36(4-2)34(25-42-45)40(46)47;9-8(10)11-6-7-4-2-1-3-5-7/h5-15,17-18,24-25,29,37H,3-4,16,19-23,26H2,1-2H3,(H,46,47);1-5H,6H2. The third-order valence-corrected chi connectivity index (χ3v) is 11.3. The average Bonchev–Trinajstić information content (AvgIpc) is 3.93. The number of aromatic carboxylic acids is 1. The maximum Gasteiger partial charge on any atom is 0.410 e. The normalized spacial score (nSPS) is 14.7. The van der Waals surface area contributed by atoms with Crippen LogP contribution in [0.3, 0.4) is 0 Å². The Bertz CT molecular complexity index is 2450. The maximum atomic E-state index is 12.7. The predicted octanol–water partition coefficient (Wildman–Crippen LogP) is 10.9. The molecule has 0 bridgehead atoms. The van der Waals surface area contributed by atoms with E-state index in [0.717, 1.165) is 65.8 Å². The summed E-state index contributed by atoms with van der Waals surface area (Å²) in [4.78, 5) is 41.4. The van der Waals surface area contributed by atoms with Crippen LogP contribution in [0.2, 0.25) is 0 Å². The quantitative estimate of drug-likeness (QED) is 0.120. The highest BCUT2D eigenvalue weighted by Gasteiger charge is 2.30. The van der Waals surface area contributed by atoms with Gasteiger partial charge in [-0.3, -0.25) is 0 Å². The molecule has 0 spiro atoms. The van der Waals surface area contributed by atoms with Crippen molar-refractivity contribution in [2.24, 2.45) is 0 Å². The second-order valence-corrected chi connectivity index (χ2v) is 15.3. The van der Waals surface area contributed by atoms with E-state index in [4.69, 9.17) is 26.1 Å². The molecule has 1 fully saturated rings. The fourth-order valence-corrected chi connectivity index (χ4v) is 8.24. The number of fused-ring (bicyclic) bond motifs is 1. The van der Waals surface area contributed by atoms with Gasteiger partial charge in [0, 0.05) is 35.8 Å². The van der Waals surface area contributed by atoms with Crippen molar-refractivity contribution in [1.82, 2.24) is 19.7 Å². The van der Waals surface area contributed by atoms with Crippen molar-refractivity contribution in [2.75, 3.05) is 13.1 Å². The molecule has 8 rings (SSSR count). The Morgan fingerprint density at radius 2 is 1.48 bits per heavy atom. The molecule has 1 aliphatic heterocycles. The van der Waals surface area contributed by atoms with Crippen LogP contribution in [0, 0.1) is 0 Å². The number of halogens is 1. The number of likely N-dealkylation sites (tertiary alicyclic amines) is 1. The number of pyridine rings is 1. The lowest BCUT2D eigenvalue weighted by atomic mass is 9.86. The summed E-state index contributed by atoms with van der Waals surface area (Å²) in [5, 5.41) is 14.0. The number of ether oxygens (including phenoxy) is 3. The van der Waals surface area contributed by atoms with Crippen LogP contribution < -0.4 is 4.74 Å². The Labute approximate surface area is 360 Å². The lowest BCUT2D eigenvalue weighted by Crippen LogP contribution is -2.38. The van der Waals surface area contributed by atoms with Crippen LogP contribution in [-0.2, 0) is 41.9 Å². The molecule has 1 amide bonds. The van der Waals surface area contributed by atoms with Gasteiger partial charge in [0.25, 0.3) is 0 Å². The van der Waals surface area contributed by atoms with Crippen molar-refractivity contribution in [3.63, 3.8) is 0 Å². The Morgan fingerprint density at radius 3 is 2.13 bits per heavy atom. The van der Waals surface area contributed by atoms with Crippen molar-refractivity contribution in [2.45, 2.75) is 77.6 Å². The van der Waals surface area contributed by atoms with Gasteiger partial charge in [-0.25, -0.2) is 24.0 Å². The minimum Gasteiger partial charge on any atom is -0.486 e. The zero-order valence-corrected chi connectivity index (χ0v) is 35.1. The summed E-state index contributed by atoms with van der Waals surface area (Å²) in [6, 6.07) is 37.7. The number of benzene rings is 4. The van der Waals surface area contributed by atoms with Crippen LogP contribution in [0.1, 0.15) is 94.6 Å². The van der Waals surface area contributed by atoms with Crippen molar-refractivity contribution in [3.8, 4) is 22.8 Å². The predicted molar refractivity (Wildman–Crippen MR) is 233 cm³/mol. The Morgan fingerprint density at radius 1 is 0.787 bits per heavy atom. The number of carbonyl (C=O) groups excluding carboxylic acids is 2. The van der Waals surface area contributed by atoms with Gasteiger partial charge >= 0.3 is 17.5 Å². The third kappa shape index (κ3) is 10.5. The third-order valence-electron chi connectivity index (χ3n) is 11.2. The topological polar surface area (TPSA) is 133 Å². The molecule has 1 unspecified atom stereocenters. The summed E-state index contributed by atoms with van der Waals surface area (Å²) >= 11 is 4.97. The van der Waals surface area contributed by atoms with Crippen LogP contribution in [0.25, 0.3) is 17.1 Å². The molecule has 2 aromatic heterocycles. The van der Waals surface area contributed by atoms with Gasteiger partial charge < -0.3 is 24.2 Å². The highest BCUT2D eigenvalue weighted by molar-refractivity contribution is 6.61. The molecular weight excluding hydrogens is 792 g/mol. The SMILES string of the molecule is CCc1cc(OC2CCc3cccc(-c4cccc(-n5ncc(C(=O)O)c5CC)n4)c32)ccc1C1CCN(C(=O)OCc2ccccc2)CC1.O=C(Cl)OCc1ccccc1. The summed E-state index contributed by atoms with van der Waals surface area (Å²) in [7, 11) is 0. The molecule has 0 saturated carbocycles. The van der Waals surface area contributed by atoms with E-state index in [1.54, 1.807) is 4.68 Å². The van der Waals surface area contributed by atoms with E-state index in [2.05, 4.69) is 53.2 Å². The summed E-state index contributed by atoms with van der Waals surface area (Å²) < 4.78 is 18.5. The Kier molecular flexibility index (Phi) is 14.1. The number of aromatic nitrogens is 3. The van der Waals surface area contributed by atoms with E-state index < -0.39 is 11.4 Å². The van der Waals surface area contributed by atoms with Crippen LogP contribution in [-0.4, -0.2) is 55.4 Å². The number of carboxylic acids is 1. The maximum absolute atomic E-state index is 12.7. The van der Waals surface area contributed by atoms with E-state index in [1.165, 1.54) is 22.9 Å². The molecule has 12 heteroatoms. The number of aryl methyl sites for hydroxylation is 2. The number of rotatable bonds is 12. The van der Waals surface area contributed by atoms with Gasteiger partial charge in [0.15, 0.2) is 5.82 Å². The van der Waals surface area contributed by atoms with Crippen LogP contribution in [0.15, 0.2) is 121 Å². The van der Waals surface area contributed by atoms with E-state index >= 15 is 0 Å². The van der Waals surface area contributed by atoms with Crippen LogP contribution in [0.5, 0.6) is 5.75 Å². The van der Waals surface area contributed by atoms with Crippen molar-refractivity contribution < 1.29 is 33.7 Å². The first kappa shape index (κ1) is 42.7. The van der Waals surface area contributed by atoms with E-state index in [1.807, 2.05) is 90.7 Å². The molecule has 1 N–H and O–H groups in total. The summed E-state index contributed by atoms with van der Waals surface area (Å²) in [5.74, 6) is 0.820. The van der Waals surface area contributed by atoms with Crippen molar-refractivity contribution >= 4 is 29.1 Å². The molecule has 61 heavy (non-hydrogen) atoms. The fourth-order valence-electron chi connectivity index (χ4n) is 8.19. The number of hydrogen-bond acceptors (Lipinski definition) is 8. The highest BCUT2D eigenvalue weighted by atomic mass is 35.5. The van der Waals surface area contributed by atoms with Crippen LogP contribution >= 0.6 is 11.6 Å². The second kappa shape index (κ2) is 20.2. The zero-order valence-electron chi connectivity index (χ0n) is 34.3. The van der Waals surface area contributed by atoms with Crippen LogP contribution in [0.4, 0.5) is 9.59 Å². The number of amides is 1. The largest absolute Gasteiger partial charge is 0.486 e. The minimum absolute atomic E-state index is 0.123. The van der Waals surface area contributed by atoms with E-state index in [9.17, 15) is 19.5 Å². The van der Waals surface area contributed by atoms with Gasteiger partial charge in [-0.2, -0.15) is 5.10 Å². The Balaban J connectivity index is 0.000000445. The molecule has 11 nitrogen and oxygen atoms in total. The lowest BCUT2D eigenvalue weighted by molar-refractivity contribution is 0.0695. The molecule has 1 saturated heterocycles. The summed E-state index contributed by atoms with van der Waals surface area (Å²) in [6.07, 6.45) is 6.02. The number of nitrogens with zero attached hydrogens (tertiary/aromatic N) is 4. The van der Waals surface area contributed by atoms with Crippen molar-refractivity contribution in [1.29, 1.82) is 0 Å². The van der Waals surface area contributed by atoms with E-state index in [0.29, 0.717) is 36.9 Å². The smallest absolute Gasteiger partial charge is 0.410 e. The lowest BCUT2D eigenvalue weighted by Gasteiger charge is -2.32. The molecule has 1 atom stereocenters. The zero-order chi connectivity index (χ0) is 42.7. The summed E-state index contributed by atoms with van der Waals surface area (Å²) in [5.41, 5.74) is 8.77. The first-order valence-electron chi connectivity index (χ1n) is 20.7. The van der Waals surface area contributed by atoms with Gasteiger partial charge in [-0.15, -0.1) is 0 Å². The summed E-state index contributed by atoms with van der Waals surface area (Å²) in [6.45, 7) is 5.99. The van der Waals surface area contributed by atoms with Crippen molar-refractivity contribution in [3.05, 3.63) is 166 Å². The highest BCUT2D eigenvalue weighted by Crippen LogP contribution is 2.42. The molecule has 4 aromatic carbocycles. The van der Waals surface area contributed by atoms with E-state index in [-0.39, 0.29) is 31.0 Å². The van der Waals surface area contributed by atoms with Gasteiger partial charge in [0.1, 0.15) is 30.6 Å². The first-order valence-corrected chi connectivity index (χ1v) is 21.1. The molecule has 0 radical (unpaired) electrons. The minimum atomic E-state index is -0.994. The molecule has 6 aromatic rings. The first-order chi connectivity index (χ1) is 29.7. The molecule has 3 heterocycles. The number of carbonyl (C=O) groups is 3. The second-order valence-electron chi connectivity index (χ2n) is 15.0. The van der Waals surface area contributed by atoms with Gasteiger partial charge in [0.2, 0.25) is 0 Å². The molecule has 314 valence electrons. The Hall–Kier alpha value is -6.46. The molecule has 1 aliphatic carbocycles. The van der Waals surface area contributed by atoms with Gasteiger partial charge in [0.05, 0.1) is 17.6 Å². The van der Waals surface area contributed by atoms with Gasteiger partial charge in [-0.1, -0.05) is 105 Å². The van der Waals surface area contributed by atoms with Gasteiger partial charge in [-0.05, 0) is 96.5 Å².